The normalized spacial score (nSPS) is 12.7. The van der Waals surface area contributed by atoms with Crippen LogP contribution in [0.15, 0.2) is 39.4 Å². The largest absolute Gasteiger partial charge is 0.466 e. The summed E-state index contributed by atoms with van der Waals surface area (Å²) in [5.74, 6) is 0.936. The van der Waals surface area contributed by atoms with Gasteiger partial charge in [-0.3, -0.25) is 0 Å². The van der Waals surface area contributed by atoms with Gasteiger partial charge in [-0.15, -0.1) is 0 Å². The first kappa shape index (κ1) is 13.4. The van der Waals surface area contributed by atoms with Gasteiger partial charge in [0.05, 0.1) is 16.8 Å². The molecule has 0 aliphatic rings. The van der Waals surface area contributed by atoms with Gasteiger partial charge >= 0.3 is 0 Å². The summed E-state index contributed by atoms with van der Waals surface area (Å²) in [6, 6.07) is 8.55. The molecule has 0 saturated heterocycles. The van der Waals surface area contributed by atoms with Crippen molar-refractivity contribution in [2.75, 3.05) is 6.54 Å². The van der Waals surface area contributed by atoms with Crippen molar-refractivity contribution in [3.8, 4) is 0 Å². The highest BCUT2D eigenvalue weighted by molar-refractivity contribution is 9.10. The lowest BCUT2D eigenvalue weighted by Crippen LogP contribution is -2.22. The predicted octanol–water partition coefficient (Wildman–Crippen LogP) is 4.36. The zero-order valence-corrected chi connectivity index (χ0v) is 12.5. The fourth-order valence-electron chi connectivity index (χ4n) is 2.13. The summed E-state index contributed by atoms with van der Waals surface area (Å²) in [5.41, 5.74) is 3.81. The Bertz CT molecular complexity index is 533. The number of furan rings is 1. The molecule has 18 heavy (non-hydrogen) atoms. The number of hydrogen-bond acceptors (Lipinski definition) is 2. The Morgan fingerprint density at radius 2 is 2.06 bits per heavy atom. The van der Waals surface area contributed by atoms with Crippen molar-refractivity contribution in [3.05, 3.63) is 57.5 Å². The molecular weight excluding hydrogens is 290 g/mol. The van der Waals surface area contributed by atoms with Crippen LogP contribution in [0.25, 0.3) is 0 Å². The van der Waals surface area contributed by atoms with Crippen molar-refractivity contribution >= 4 is 15.9 Å². The second-order valence-electron chi connectivity index (χ2n) is 4.48. The Morgan fingerprint density at radius 1 is 1.28 bits per heavy atom. The van der Waals surface area contributed by atoms with Crippen LogP contribution in [0.1, 0.15) is 35.4 Å². The van der Waals surface area contributed by atoms with Crippen LogP contribution in [0.3, 0.4) is 0 Å². The maximum Gasteiger partial charge on any atom is 0.139 e. The van der Waals surface area contributed by atoms with Crippen molar-refractivity contribution in [3.63, 3.8) is 0 Å². The SMILES string of the molecule is CCNC(c1cc(C)ccc1C)c1occc1Br. The van der Waals surface area contributed by atoms with Gasteiger partial charge in [0.25, 0.3) is 0 Å². The quantitative estimate of drug-likeness (QED) is 0.908. The summed E-state index contributed by atoms with van der Waals surface area (Å²) in [6.45, 7) is 7.25. The standard InChI is InChI=1S/C15H18BrNO/c1-4-17-14(15-13(16)7-8-18-15)12-9-10(2)5-6-11(12)3/h5-9,14,17H,4H2,1-3H3. The maximum atomic E-state index is 5.62. The molecule has 1 unspecified atom stereocenters. The fourth-order valence-corrected chi connectivity index (χ4v) is 2.56. The van der Waals surface area contributed by atoms with E-state index in [0.29, 0.717) is 0 Å². The number of aryl methyl sites for hydroxylation is 2. The Balaban J connectivity index is 2.48. The molecular formula is C15H18BrNO. The van der Waals surface area contributed by atoms with Crippen molar-refractivity contribution in [1.82, 2.24) is 5.32 Å². The van der Waals surface area contributed by atoms with Gasteiger partial charge < -0.3 is 9.73 Å². The molecule has 1 aromatic carbocycles. The third kappa shape index (κ3) is 2.68. The van der Waals surface area contributed by atoms with Gasteiger partial charge in [0.2, 0.25) is 0 Å². The molecule has 3 heteroatoms. The van der Waals surface area contributed by atoms with E-state index >= 15 is 0 Å². The monoisotopic (exact) mass is 307 g/mol. The minimum absolute atomic E-state index is 0.0966. The third-order valence-electron chi connectivity index (χ3n) is 3.06. The molecule has 96 valence electrons. The van der Waals surface area contributed by atoms with Gasteiger partial charge in [-0.2, -0.15) is 0 Å². The van der Waals surface area contributed by atoms with E-state index in [1.807, 2.05) is 6.07 Å². The van der Waals surface area contributed by atoms with Gasteiger partial charge in [-0.1, -0.05) is 30.7 Å². The van der Waals surface area contributed by atoms with Crippen LogP contribution in [-0.2, 0) is 0 Å². The topological polar surface area (TPSA) is 25.2 Å². The summed E-state index contributed by atoms with van der Waals surface area (Å²) >= 11 is 3.54. The Kier molecular flexibility index (Phi) is 4.25. The summed E-state index contributed by atoms with van der Waals surface area (Å²) in [5, 5.41) is 3.49. The number of benzene rings is 1. The van der Waals surface area contributed by atoms with Crippen LogP contribution < -0.4 is 5.32 Å². The van der Waals surface area contributed by atoms with Gasteiger partial charge in [-0.05, 0) is 53.5 Å². The minimum atomic E-state index is 0.0966. The van der Waals surface area contributed by atoms with Gasteiger partial charge in [0.1, 0.15) is 5.76 Å². The van der Waals surface area contributed by atoms with Crippen molar-refractivity contribution in [1.29, 1.82) is 0 Å². The molecule has 2 rings (SSSR count). The summed E-state index contributed by atoms with van der Waals surface area (Å²) in [4.78, 5) is 0. The predicted molar refractivity (Wildman–Crippen MR) is 77.8 cm³/mol. The molecule has 1 aromatic heterocycles. The molecule has 2 nitrogen and oxygen atoms in total. The molecule has 0 bridgehead atoms. The average molecular weight is 308 g/mol. The number of hydrogen-bond donors (Lipinski definition) is 1. The van der Waals surface area contributed by atoms with E-state index < -0.39 is 0 Å². The molecule has 0 amide bonds. The number of halogens is 1. The lowest BCUT2D eigenvalue weighted by atomic mass is 9.97. The number of rotatable bonds is 4. The first-order valence-electron chi connectivity index (χ1n) is 6.17. The second kappa shape index (κ2) is 5.72. The van der Waals surface area contributed by atoms with Crippen molar-refractivity contribution in [2.24, 2.45) is 0 Å². The van der Waals surface area contributed by atoms with E-state index in [-0.39, 0.29) is 6.04 Å². The summed E-state index contributed by atoms with van der Waals surface area (Å²) in [7, 11) is 0. The molecule has 1 N–H and O–H groups in total. The van der Waals surface area contributed by atoms with E-state index in [1.165, 1.54) is 16.7 Å². The minimum Gasteiger partial charge on any atom is -0.466 e. The van der Waals surface area contributed by atoms with Crippen molar-refractivity contribution < 1.29 is 4.42 Å². The average Bonchev–Trinajstić information content (AvgIpc) is 2.76. The molecule has 0 aliphatic heterocycles. The molecule has 0 saturated carbocycles. The van der Waals surface area contributed by atoms with Crippen LogP contribution >= 0.6 is 15.9 Å². The third-order valence-corrected chi connectivity index (χ3v) is 3.72. The lowest BCUT2D eigenvalue weighted by molar-refractivity contribution is 0.449. The van der Waals surface area contributed by atoms with E-state index in [4.69, 9.17) is 4.42 Å². The van der Waals surface area contributed by atoms with Crippen LogP contribution in [0, 0.1) is 13.8 Å². The highest BCUT2D eigenvalue weighted by Gasteiger charge is 2.20. The van der Waals surface area contributed by atoms with Crippen LogP contribution in [0.4, 0.5) is 0 Å². The zero-order valence-electron chi connectivity index (χ0n) is 11.0. The van der Waals surface area contributed by atoms with E-state index in [9.17, 15) is 0 Å². The zero-order chi connectivity index (χ0) is 13.1. The Hall–Kier alpha value is -1.06. The summed E-state index contributed by atoms with van der Waals surface area (Å²) in [6.07, 6.45) is 1.72. The fraction of sp³-hybridized carbons (Fsp3) is 0.333. The number of nitrogens with one attached hydrogen (secondary N) is 1. The highest BCUT2D eigenvalue weighted by atomic mass is 79.9. The highest BCUT2D eigenvalue weighted by Crippen LogP contribution is 2.31. The lowest BCUT2D eigenvalue weighted by Gasteiger charge is -2.19. The van der Waals surface area contributed by atoms with Crippen LogP contribution in [-0.4, -0.2) is 6.54 Å². The van der Waals surface area contributed by atoms with E-state index in [2.05, 4.69) is 60.2 Å². The Labute approximate surface area is 117 Å². The van der Waals surface area contributed by atoms with Crippen LogP contribution in [0.5, 0.6) is 0 Å². The smallest absolute Gasteiger partial charge is 0.139 e. The first-order valence-corrected chi connectivity index (χ1v) is 6.96. The van der Waals surface area contributed by atoms with Gasteiger partial charge in [-0.25, -0.2) is 0 Å². The molecule has 0 spiro atoms. The van der Waals surface area contributed by atoms with E-state index in [0.717, 1.165) is 16.8 Å². The van der Waals surface area contributed by atoms with Crippen LogP contribution in [0.2, 0.25) is 0 Å². The first-order chi connectivity index (χ1) is 8.63. The molecule has 0 aliphatic carbocycles. The van der Waals surface area contributed by atoms with Gasteiger partial charge in [0, 0.05) is 0 Å². The van der Waals surface area contributed by atoms with Crippen molar-refractivity contribution in [2.45, 2.75) is 26.8 Å². The maximum absolute atomic E-state index is 5.62. The second-order valence-corrected chi connectivity index (χ2v) is 5.34. The van der Waals surface area contributed by atoms with E-state index in [1.54, 1.807) is 6.26 Å². The molecule has 1 atom stereocenters. The summed E-state index contributed by atoms with van der Waals surface area (Å²) < 4.78 is 6.63. The molecule has 0 fully saturated rings. The molecule has 1 heterocycles. The Morgan fingerprint density at radius 3 is 2.67 bits per heavy atom. The molecule has 0 radical (unpaired) electrons. The molecule has 2 aromatic rings. The van der Waals surface area contributed by atoms with Gasteiger partial charge in [0.15, 0.2) is 0 Å².